The van der Waals surface area contributed by atoms with E-state index in [4.69, 9.17) is 5.11 Å². The molecule has 2 heterocycles. The SMILES string of the molecule is Cn1ccnc1Sc1nccnc1C(=O)O. The van der Waals surface area contributed by atoms with Gasteiger partial charge in [0, 0.05) is 31.8 Å². The van der Waals surface area contributed by atoms with Crippen molar-refractivity contribution in [1.82, 2.24) is 19.5 Å². The van der Waals surface area contributed by atoms with Crippen LogP contribution in [0.15, 0.2) is 35.0 Å². The number of aromatic carboxylic acids is 1. The van der Waals surface area contributed by atoms with Gasteiger partial charge in [-0.25, -0.2) is 19.7 Å². The first-order valence-corrected chi connectivity index (χ1v) is 5.19. The molecule has 2 aromatic heterocycles. The van der Waals surface area contributed by atoms with Crippen LogP contribution in [0.2, 0.25) is 0 Å². The van der Waals surface area contributed by atoms with E-state index < -0.39 is 5.97 Å². The summed E-state index contributed by atoms with van der Waals surface area (Å²) in [5, 5.41) is 9.93. The lowest BCUT2D eigenvalue weighted by atomic mass is 10.5. The monoisotopic (exact) mass is 236 g/mol. The van der Waals surface area contributed by atoms with E-state index in [9.17, 15) is 4.79 Å². The van der Waals surface area contributed by atoms with Gasteiger partial charge in [0.05, 0.1) is 0 Å². The van der Waals surface area contributed by atoms with Crippen molar-refractivity contribution in [3.63, 3.8) is 0 Å². The van der Waals surface area contributed by atoms with E-state index in [2.05, 4.69) is 15.0 Å². The van der Waals surface area contributed by atoms with Crippen molar-refractivity contribution in [2.24, 2.45) is 7.05 Å². The highest BCUT2D eigenvalue weighted by Gasteiger charge is 2.15. The summed E-state index contributed by atoms with van der Waals surface area (Å²) in [6.45, 7) is 0. The highest BCUT2D eigenvalue weighted by molar-refractivity contribution is 7.99. The number of hydrogen-bond donors (Lipinski definition) is 1. The van der Waals surface area contributed by atoms with Gasteiger partial charge in [0.2, 0.25) is 0 Å². The molecule has 0 aliphatic carbocycles. The molecule has 2 rings (SSSR count). The molecule has 0 aliphatic rings. The number of aromatic nitrogens is 4. The second-order valence-corrected chi connectivity index (χ2v) is 3.89. The van der Waals surface area contributed by atoms with Crippen LogP contribution < -0.4 is 0 Å². The van der Waals surface area contributed by atoms with Crippen molar-refractivity contribution < 1.29 is 9.90 Å². The quantitative estimate of drug-likeness (QED) is 0.858. The van der Waals surface area contributed by atoms with Gasteiger partial charge in [-0.15, -0.1) is 0 Å². The maximum Gasteiger partial charge on any atom is 0.357 e. The molecule has 0 aromatic carbocycles. The highest BCUT2D eigenvalue weighted by Crippen LogP contribution is 2.25. The van der Waals surface area contributed by atoms with Gasteiger partial charge in [0.15, 0.2) is 10.9 Å². The van der Waals surface area contributed by atoms with Crippen molar-refractivity contribution >= 4 is 17.7 Å². The molecule has 0 unspecified atom stereocenters. The van der Waals surface area contributed by atoms with Gasteiger partial charge < -0.3 is 9.67 Å². The molecular formula is C9H8N4O2S. The summed E-state index contributed by atoms with van der Waals surface area (Å²) >= 11 is 1.17. The van der Waals surface area contributed by atoms with Crippen molar-refractivity contribution in [1.29, 1.82) is 0 Å². The number of imidazole rings is 1. The van der Waals surface area contributed by atoms with Crippen molar-refractivity contribution in [2.45, 2.75) is 10.2 Å². The summed E-state index contributed by atoms with van der Waals surface area (Å²) in [7, 11) is 1.83. The fourth-order valence-electron chi connectivity index (χ4n) is 1.08. The summed E-state index contributed by atoms with van der Waals surface area (Å²) in [5.74, 6) is -1.09. The topological polar surface area (TPSA) is 80.9 Å². The Bertz CT molecular complexity index is 526. The molecule has 2 aromatic rings. The first kappa shape index (κ1) is 10.6. The Morgan fingerprint density at radius 1 is 1.31 bits per heavy atom. The van der Waals surface area contributed by atoms with Crippen LogP contribution >= 0.6 is 11.8 Å². The van der Waals surface area contributed by atoms with Crippen molar-refractivity contribution in [3.8, 4) is 0 Å². The number of aryl methyl sites for hydroxylation is 1. The van der Waals surface area contributed by atoms with Crippen LogP contribution in [-0.2, 0) is 7.05 Å². The Labute approximate surface area is 95.4 Å². The summed E-state index contributed by atoms with van der Waals surface area (Å²) in [6, 6.07) is 0. The molecule has 0 atom stereocenters. The first-order valence-electron chi connectivity index (χ1n) is 4.38. The zero-order valence-electron chi connectivity index (χ0n) is 8.36. The smallest absolute Gasteiger partial charge is 0.357 e. The normalized spacial score (nSPS) is 10.3. The van der Waals surface area contributed by atoms with Gasteiger partial charge in [0.25, 0.3) is 0 Å². The van der Waals surface area contributed by atoms with Gasteiger partial charge >= 0.3 is 5.97 Å². The molecule has 0 fully saturated rings. The van der Waals surface area contributed by atoms with E-state index in [-0.39, 0.29) is 5.69 Å². The Morgan fingerprint density at radius 3 is 2.69 bits per heavy atom. The predicted octanol–water partition coefficient (Wildman–Crippen LogP) is 1.06. The molecule has 1 N–H and O–H groups in total. The van der Waals surface area contributed by atoms with E-state index in [1.807, 2.05) is 7.05 Å². The summed E-state index contributed by atoms with van der Waals surface area (Å²) in [6.07, 6.45) is 6.22. The van der Waals surface area contributed by atoms with Gasteiger partial charge in [-0.1, -0.05) is 0 Å². The number of carboxylic acids is 1. The first-order chi connectivity index (χ1) is 7.68. The third-order valence-corrected chi connectivity index (χ3v) is 2.90. The Kier molecular flexibility index (Phi) is 2.86. The van der Waals surface area contributed by atoms with Crippen LogP contribution in [0.4, 0.5) is 0 Å². The van der Waals surface area contributed by atoms with Crippen LogP contribution in [0.1, 0.15) is 10.5 Å². The van der Waals surface area contributed by atoms with Crippen molar-refractivity contribution in [3.05, 3.63) is 30.5 Å². The maximum absolute atomic E-state index is 10.9. The average molecular weight is 236 g/mol. The number of nitrogens with zero attached hydrogens (tertiary/aromatic N) is 4. The second-order valence-electron chi connectivity index (χ2n) is 2.94. The molecule has 16 heavy (non-hydrogen) atoms. The number of rotatable bonds is 3. The molecule has 0 radical (unpaired) electrons. The number of hydrogen-bond acceptors (Lipinski definition) is 5. The third-order valence-electron chi connectivity index (χ3n) is 1.83. The zero-order valence-corrected chi connectivity index (χ0v) is 9.18. The molecule has 0 aliphatic heterocycles. The van der Waals surface area contributed by atoms with Gasteiger partial charge in [-0.05, 0) is 11.8 Å². The standard InChI is InChI=1S/C9H8N4O2S/c1-13-5-4-12-9(13)16-7-6(8(14)15)10-2-3-11-7/h2-5H,1H3,(H,14,15). The minimum Gasteiger partial charge on any atom is -0.476 e. The third kappa shape index (κ3) is 2.03. The van der Waals surface area contributed by atoms with Gasteiger partial charge in [-0.2, -0.15) is 0 Å². The van der Waals surface area contributed by atoms with E-state index in [0.29, 0.717) is 10.2 Å². The van der Waals surface area contributed by atoms with Crippen LogP contribution in [0.25, 0.3) is 0 Å². The largest absolute Gasteiger partial charge is 0.476 e. The average Bonchev–Trinajstić information content (AvgIpc) is 2.65. The molecule has 6 nitrogen and oxygen atoms in total. The number of carbonyl (C=O) groups is 1. The molecule has 82 valence electrons. The predicted molar refractivity (Wildman–Crippen MR) is 56.3 cm³/mol. The Balaban J connectivity index is 2.35. The lowest BCUT2D eigenvalue weighted by Gasteiger charge is -2.02. The lowest BCUT2D eigenvalue weighted by molar-refractivity contribution is 0.0685. The van der Waals surface area contributed by atoms with E-state index in [0.717, 1.165) is 0 Å². The Hall–Kier alpha value is -1.89. The minimum absolute atomic E-state index is 0.0597. The molecule has 0 saturated carbocycles. The highest BCUT2D eigenvalue weighted by atomic mass is 32.2. The summed E-state index contributed by atoms with van der Waals surface area (Å²) < 4.78 is 1.78. The molecule has 0 amide bonds. The summed E-state index contributed by atoms with van der Waals surface area (Å²) in [5.41, 5.74) is -0.0597. The fourth-order valence-corrected chi connectivity index (χ4v) is 1.92. The minimum atomic E-state index is -1.09. The Morgan fingerprint density at radius 2 is 2.06 bits per heavy atom. The van der Waals surface area contributed by atoms with Crippen LogP contribution in [0.3, 0.4) is 0 Å². The zero-order chi connectivity index (χ0) is 11.5. The van der Waals surface area contributed by atoms with Gasteiger partial charge in [0.1, 0.15) is 5.03 Å². The molecule has 0 saturated heterocycles. The lowest BCUT2D eigenvalue weighted by Crippen LogP contribution is -2.04. The van der Waals surface area contributed by atoms with Crippen LogP contribution in [-0.4, -0.2) is 30.6 Å². The van der Waals surface area contributed by atoms with E-state index in [1.54, 1.807) is 17.0 Å². The van der Waals surface area contributed by atoms with Gasteiger partial charge in [-0.3, -0.25) is 0 Å². The van der Waals surface area contributed by atoms with E-state index >= 15 is 0 Å². The summed E-state index contributed by atoms with van der Waals surface area (Å²) in [4.78, 5) is 22.7. The van der Waals surface area contributed by atoms with Crippen LogP contribution in [0.5, 0.6) is 0 Å². The fraction of sp³-hybridized carbons (Fsp3) is 0.111. The maximum atomic E-state index is 10.9. The van der Waals surface area contributed by atoms with E-state index in [1.165, 1.54) is 24.2 Å². The van der Waals surface area contributed by atoms with Crippen molar-refractivity contribution in [2.75, 3.05) is 0 Å². The molecule has 0 spiro atoms. The second kappa shape index (κ2) is 4.31. The molecule has 0 bridgehead atoms. The molecule has 7 heteroatoms. The number of carboxylic acid groups (broad SMARTS) is 1. The van der Waals surface area contributed by atoms with Crippen LogP contribution in [0, 0.1) is 0 Å². The molecular weight excluding hydrogens is 228 g/mol.